The number of piperidine rings is 1. The molecule has 0 spiro atoms. The quantitative estimate of drug-likeness (QED) is 0.210. The summed E-state index contributed by atoms with van der Waals surface area (Å²) in [7, 11) is 0. The second kappa shape index (κ2) is 10.6. The predicted octanol–water partition coefficient (Wildman–Crippen LogP) is 4.79. The van der Waals surface area contributed by atoms with Gasteiger partial charge in [-0.1, -0.05) is 12.8 Å². The molecule has 0 aliphatic carbocycles. The maximum absolute atomic E-state index is 11.5. The van der Waals surface area contributed by atoms with Gasteiger partial charge in [0.25, 0.3) is 0 Å². The number of pyridine rings is 1. The number of nitrogens with one attached hydrogen (secondary N) is 1. The number of aromatic carboxylic acids is 1. The Morgan fingerprint density at radius 2 is 2.03 bits per heavy atom. The largest absolute Gasteiger partial charge is 0.478 e. The molecule has 1 aromatic heterocycles. The van der Waals surface area contributed by atoms with Crippen molar-refractivity contribution in [3.63, 3.8) is 0 Å². The molecule has 9 heteroatoms. The smallest absolute Gasteiger partial charge is 0.365 e. The first kappa shape index (κ1) is 22.3. The van der Waals surface area contributed by atoms with Crippen LogP contribution in [0.25, 0.3) is 0 Å². The number of nitro groups is 1. The lowest BCUT2D eigenvalue weighted by Crippen LogP contribution is -2.34. The van der Waals surface area contributed by atoms with Crippen molar-refractivity contribution in [2.24, 2.45) is 5.92 Å². The summed E-state index contributed by atoms with van der Waals surface area (Å²) < 4.78 is 1.04. The van der Waals surface area contributed by atoms with Crippen LogP contribution in [-0.2, 0) is 0 Å². The van der Waals surface area contributed by atoms with Crippen molar-refractivity contribution in [3.8, 4) is 0 Å². The molecule has 0 saturated carbocycles. The number of carboxylic acid groups (broad SMARTS) is 1. The van der Waals surface area contributed by atoms with E-state index >= 15 is 0 Å². The SMILES string of the molecule is O=C(O)c1ccc(I)cc1N1CCC(CCCCNc2cccc([N+](=O)[O-])n2)CC1. The number of rotatable bonds is 9. The highest BCUT2D eigenvalue weighted by Crippen LogP contribution is 2.30. The number of carbonyl (C=O) groups is 1. The van der Waals surface area contributed by atoms with Gasteiger partial charge >= 0.3 is 11.8 Å². The van der Waals surface area contributed by atoms with Crippen molar-refractivity contribution >= 4 is 45.9 Å². The Hall–Kier alpha value is -2.43. The van der Waals surface area contributed by atoms with E-state index < -0.39 is 10.9 Å². The fraction of sp³-hybridized carbons (Fsp3) is 0.429. The number of hydrogen-bond donors (Lipinski definition) is 2. The van der Waals surface area contributed by atoms with E-state index in [1.807, 2.05) is 12.1 Å². The van der Waals surface area contributed by atoms with Crippen molar-refractivity contribution in [3.05, 3.63) is 55.6 Å². The molecular formula is C21H25IN4O4. The number of hydrogen-bond acceptors (Lipinski definition) is 6. The third-order valence-corrected chi connectivity index (χ3v) is 6.08. The van der Waals surface area contributed by atoms with Gasteiger partial charge < -0.3 is 25.4 Å². The molecule has 2 heterocycles. The average molecular weight is 524 g/mol. The molecule has 2 N–H and O–H groups in total. The van der Waals surface area contributed by atoms with Gasteiger partial charge in [0.2, 0.25) is 5.82 Å². The lowest BCUT2D eigenvalue weighted by atomic mass is 9.91. The lowest BCUT2D eigenvalue weighted by Gasteiger charge is -2.34. The van der Waals surface area contributed by atoms with E-state index in [1.54, 1.807) is 18.2 Å². The molecule has 160 valence electrons. The standard InChI is InChI=1S/C21H25IN4O4/c22-16-7-8-17(21(27)28)18(14-16)25-12-9-15(10-13-25)4-1-2-11-23-19-5-3-6-20(24-19)26(29)30/h3,5-8,14-15H,1-2,4,9-13H2,(H,23,24)(H,27,28). The number of benzene rings is 1. The Labute approximate surface area is 189 Å². The highest BCUT2D eigenvalue weighted by Gasteiger charge is 2.23. The minimum absolute atomic E-state index is 0.147. The zero-order chi connectivity index (χ0) is 21.5. The van der Waals surface area contributed by atoms with Crippen molar-refractivity contribution in [2.45, 2.75) is 32.1 Å². The second-order valence-corrected chi connectivity index (χ2v) is 8.70. The summed E-state index contributed by atoms with van der Waals surface area (Å²) >= 11 is 2.22. The van der Waals surface area contributed by atoms with E-state index in [0.29, 0.717) is 17.3 Å². The predicted molar refractivity (Wildman–Crippen MR) is 124 cm³/mol. The van der Waals surface area contributed by atoms with Gasteiger partial charge in [-0.3, -0.25) is 0 Å². The summed E-state index contributed by atoms with van der Waals surface area (Å²) in [6.45, 7) is 2.49. The van der Waals surface area contributed by atoms with Gasteiger partial charge in [-0.15, -0.1) is 0 Å². The van der Waals surface area contributed by atoms with Crippen LogP contribution in [0.1, 0.15) is 42.5 Å². The van der Waals surface area contributed by atoms with Crippen LogP contribution in [0.5, 0.6) is 0 Å². The van der Waals surface area contributed by atoms with E-state index in [1.165, 1.54) is 6.07 Å². The van der Waals surface area contributed by atoms with Gasteiger partial charge in [-0.25, -0.2) is 4.79 Å². The number of halogens is 1. The highest BCUT2D eigenvalue weighted by molar-refractivity contribution is 14.1. The summed E-state index contributed by atoms with van der Waals surface area (Å²) in [4.78, 5) is 28.0. The number of aromatic nitrogens is 1. The first-order valence-corrected chi connectivity index (χ1v) is 11.1. The van der Waals surface area contributed by atoms with Gasteiger partial charge in [0.05, 0.1) is 11.3 Å². The fourth-order valence-corrected chi connectivity index (χ4v) is 4.28. The van der Waals surface area contributed by atoms with E-state index in [2.05, 4.69) is 37.8 Å². The molecule has 8 nitrogen and oxygen atoms in total. The van der Waals surface area contributed by atoms with Gasteiger partial charge in [-0.2, -0.15) is 0 Å². The molecule has 2 aromatic rings. The minimum Gasteiger partial charge on any atom is -0.478 e. The third-order valence-electron chi connectivity index (χ3n) is 5.41. The molecule has 0 atom stereocenters. The lowest BCUT2D eigenvalue weighted by molar-refractivity contribution is -0.389. The van der Waals surface area contributed by atoms with E-state index in [9.17, 15) is 20.0 Å². The fourth-order valence-electron chi connectivity index (χ4n) is 3.81. The molecule has 0 amide bonds. The van der Waals surface area contributed by atoms with Gasteiger partial charge in [0, 0.05) is 35.3 Å². The van der Waals surface area contributed by atoms with Crippen molar-refractivity contribution in [1.29, 1.82) is 0 Å². The zero-order valence-electron chi connectivity index (χ0n) is 16.6. The Morgan fingerprint density at radius 1 is 1.27 bits per heavy atom. The summed E-state index contributed by atoms with van der Waals surface area (Å²) in [5, 5.41) is 23.4. The van der Waals surface area contributed by atoms with Gasteiger partial charge in [-0.05, 0) is 81.9 Å². The second-order valence-electron chi connectivity index (χ2n) is 7.46. The monoisotopic (exact) mass is 524 g/mol. The van der Waals surface area contributed by atoms with Crippen LogP contribution in [0.15, 0.2) is 36.4 Å². The Bertz CT molecular complexity index is 900. The Kier molecular flexibility index (Phi) is 7.83. The Balaban J connectivity index is 1.40. The first-order valence-electron chi connectivity index (χ1n) is 10.1. The summed E-state index contributed by atoms with van der Waals surface area (Å²) in [5.74, 6) is 0.151. The summed E-state index contributed by atoms with van der Waals surface area (Å²) in [5.41, 5.74) is 1.19. The van der Waals surface area contributed by atoms with Crippen molar-refractivity contribution in [1.82, 2.24) is 4.98 Å². The number of unbranched alkanes of at least 4 members (excludes halogenated alkanes) is 1. The normalized spacial score (nSPS) is 14.5. The van der Waals surface area contributed by atoms with Gasteiger partial charge in [0.1, 0.15) is 0 Å². The summed E-state index contributed by atoms with van der Waals surface area (Å²) in [6, 6.07) is 10.2. The summed E-state index contributed by atoms with van der Waals surface area (Å²) in [6.07, 6.45) is 5.31. The van der Waals surface area contributed by atoms with Crippen LogP contribution in [0.2, 0.25) is 0 Å². The number of carboxylic acids is 1. The van der Waals surface area contributed by atoms with E-state index in [0.717, 1.165) is 61.0 Å². The topological polar surface area (TPSA) is 109 Å². The van der Waals surface area contributed by atoms with Crippen LogP contribution in [0.3, 0.4) is 0 Å². The maximum atomic E-state index is 11.5. The van der Waals surface area contributed by atoms with Crippen molar-refractivity contribution in [2.75, 3.05) is 29.9 Å². The van der Waals surface area contributed by atoms with Gasteiger partial charge in [0.15, 0.2) is 0 Å². The van der Waals surface area contributed by atoms with Crippen molar-refractivity contribution < 1.29 is 14.8 Å². The number of anilines is 2. The van der Waals surface area contributed by atoms with E-state index in [-0.39, 0.29) is 5.82 Å². The zero-order valence-corrected chi connectivity index (χ0v) is 18.7. The number of nitrogens with zero attached hydrogens (tertiary/aromatic N) is 3. The molecule has 1 aromatic carbocycles. The maximum Gasteiger partial charge on any atom is 0.365 e. The molecule has 1 fully saturated rings. The molecule has 0 bridgehead atoms. The third kappa shape index (κ3) is 6.04. The Morgan fingerprint density at radius 3 is 2.73 bits per heavy atom. The van der Waals surface area contributed by atoms with Crippen LogP contribution in [0, 0.1) is 19.6 Å². The molecule has 0 unspecified atom stereocenters. The first-order chi connectivity index (χ1) is 14.4. The van der Waals surface area contributed by atoms with Crippen LogP contribution in [-0.4, -0.2) is 40.6 Å². The molecular weight excluding hydrogens is 499 g/mol. The highest BCUT2D eigenvalue weighted by atomic mass is 127. The average Bonchev–Trinajstić information content (AvgIpc) is 2.74. The van der Waals surface area contributed by atoms with E-state index in [4.69, 9.17) is 0 Å². The molecule has 1 saturated heterocycles. The minimum atomic E-state index is -0.880. The molecule has 1 aliphatic heterocycles. The molecule has 30 heavy (non-hydrogen) atoms. The van der Waals surface area contributed by atoms with Crippen LogP contribution < -0.4 is 10.2 Å². The molecule has 1 aliphatic rings. The van der Waals surface area contributed by atoms with Crippen LogP contribution in [0.4, 0.5) is 17.3 Å². The van der Waals surface area contributed by atoms with Crippen LogP contribution >= 0.6 is 22.6 Å². The molecule has 3 rings (SSSR count). The molecule has 0 radical (unpaired) electrons.